The molecule has 0 aromatic rings. The van der Waals surface area contributed by atoms with Gasteiger partial charge in [-0.25, -0.2) is 0 Å². The van der Waals surface area contributed by atoms with E-state index in [0.29, 0.717) is 23.0 Å². The van der Waals surface area contributed by atoms with Gasteiger partial charge in [0.05, 0.1) is 0 Å². The summed E-state index contributed by atoms with van der Waals surface area (Å²) in [6.07, 6.45) is 11.0. The van der Waals surface area contributed by atoms with Gasteiger partial charge in [0, 0.05) is 12.8 Å². The summed E-state index contributed by atoms with van der Waals surface area (Å²) in [6, 6.07) is 0. The van der Waals surface area contributed by atoms with Crippen molar-refractivity contribution in [2.45, 2.75) is 91.6 Å². The fraction of sp³-hybridized carbons (Fsp3) is 0.913. The van der Waals surface area contributed by atoms with Gasteiger partial charge in [-0.05, 0) is 99.2 Å². The number of hydrogen-bond donors (Lipinski definition) is 0. The number of Topliss-reactive ketones (excluding diaryl/α,β-unsaturated/α-hetero) is 1. The zero-order valence-electron chi connectivity index (χ0n) is 17.1. The molecule has 0 aromatic carbocycles. The molecule has 4 rings (SSSR count). The molecule has 0 aromatic heterocycles. The van der Waals surface area contributed by atoms with E-state index in [1.807, 2.05) is 6.92 Å². The predicted octanol–water partition coefficient (Wildman–Crippen LogP) is 5.17. The highest BCUT2D eigenvalue weighted by Crippen LogP contribution is 2.67. The molecule has 0 bridgehead atoms. The predicted molar refractivity (Wildman–Crippen MR) is 101 cm³/mol. The lowest BCUT2D eigenvalue weighted by Gasteiger charge is -2.61. The molecule has 1 unspecified atom stereocenters. The van der Waals surface area contributed by atoms with Crippen LogP contribution in [0.4, 0.5) is 0 Å². The van der Waals surface area contributed by atoms with Crippen LogP contribution in [-0.2, 0) is 14.3 Å². The molecule has 0 heterocycles. The number of carbonyl (C=O) groups is 2. The first-order chi connectivity index (χ1) is 12.3. The molecule has 0 spiro atoms. The van der Waals surface area contributed by atoms with Crippen LogP contribution in [0.25, 0.3) is 0 Å². The molecular weight excluding hydrogens is 324 g/mol. The molecule has 0 aliphatic heterocycles. The van der Waals surface area contributed by atoms with Gasteiger partial charge < -0.3 is 4.74 Å². The molecule has 3 nitrogen and oxygen atoms in total. The maximum Gasteiger partial charge on any atom is 0.302 e. The number of rotatable bonds is 2. The Hall–Kier alpha value is -0.860. The van der Waals surface area contributed by atoms with E-state index in [0.717, 1.165) is 37.0 Å². The zero-order valence-corrected chi connectivity index (χ0v) is 17.1. The van der Waals surface area contributed by atoms with E-state index in [1.165, 1.54) is 45.4 Å². The normalized spacial score (nSPS) is 50.3. The second-order valence-electron chi connectivity index (χ2n) is 10.4. The molecule has 0 radical (unpaired) electrons. The summed E-state index contributed by atoms with van der Waals surface area (Å²) >= 11 is 0. The summed E-state index contributed by atoms with van der Waals surface area (Å²) in [5.74, 6) is 3.68. The smallest absolute Gasteiger partial charge is 0.302 e. The van der Waals surface area contributed by atoms with Gasteiger partial charge in [-0.2, -0.15) is 0 Å². The van der Waals surface area contributed by atoms with Crippen LogP contribution in [-0.4, -0.2) is 17.9 Å². The van der Waals surface area contributed by atoms with Crippen molar-refractivity contribution < 1.29 is 14.3 Å². The Balaban J connectivity index is 1.54. The third-order valence-electron chi connectivity index (χ3n) is 9.44. The molecule has 4 aliphatic carbocycles. The topological polar surface area (TPSA) is 43.4 Å². The maximum absolute atomic E-state index is 12.2. The standard InChI is InChI=1S/C23H36O3/c1-14(24)19-7-8-20-18-6-5-16-13-17(26-15(2)25)9-11-22(16,3)21(18)10-12-23(19,20)4/h16-21H,5-13H2,1-4H3/t16?,17-,18-,19+,20-,21-,22-,23+/m0/s1. The van der Waals surface area contributed by atoms with Crippen molar-refractivity contribution in [3.8, 4) is 0 Å². The Labute approximate surface area is 158 Å². The van der Waals surface area contributed by atoms with Gasteiger partial charge in [0.1, 0.15) is 11.9 Å². The summed E-state index contributed by atoms with van der Waals surface area (Å²) in [5, 5.41) is 0. The van der Waals surface area contributed by atoms with Gasteiger partial charge in [0.15, 0.2) is 0 Å². The van der Waals surface area contributed by atoms with Crippen LogP contribution in [0.1, 0.15) is 85.5 Å². The second kappa shape index (κ2) is 6.34. The van der Waals surface area contributed by atoms with Crippen molar-refractivity contribution in [1.82, 2.24) is 0 Å². The van der Waals surface area contributed by atoms with Crippen LogP contribution in [0.2, 0.25) is 0 Å². The summed E-state index contributed by atoms with van der Waals surface area (Å²) in [5.41, 5.74) is 0.667. The number of ether oxygens (including phenoxy) is 1. The molecule has 26 heavy (non-hydrogen) atoms. The monoisotopic (exact) mass is 360 g/mol. The van der Waals surface area contributed by atoms with Crippen LogP contribution >= 0.6 is 0 Å². The Morgan fingerprint density at radius 3 is 2.23 bits per heavy atom. The van der Waals surface area contributed by atoms with Crippen LogP contribution < -0.4 is 0 Å². The first kappa shape index (κ1) is 18.5. The van der Waals surface area contributed by atoms with E-state index >= 15 is 0 Å². The molecular formula is C23H36O3. The molecule has 8 atom stereocenters. The highest BCUT2D eigenvalue weighted by Gasteiger charge is 2.60. The van der Waals surface area contributed by atoms with Gasteiger partial charge in [-0.15, -0.1) is 0 Å². The van der Waals surface area contributed by atoms with Crippen molar-refractivity contribution in [1.29, 1.82) is 0 Å². The molecule has 4 saturated carbocycles. The SMILES string of the molecule is CC(=O)O[C@H]1CC[C@@]2(C)C(CC[C@H]3[C@@H]4CC[C@H](C(C)=O)[C@@]4(C)CC[C@@H]32)C1. The maximum atomic E-state index is 12.2. The fourth-order valence-electron chi connectivity index (χ4n) is 8.23. The van der Waals surface area contributed by atoms with E-state index in [9.17, 15) is 9.59 Å². The number of hydrogen-bond acceptors (Lipinski definition) is 3. The van der Waals surface area contributed by atoms with Gasteiger partial charge in [0.25, 0.3) is 0 Å². The highest BCUT2D eigenvalue weighted by molar-refractivity contribution is 5.79. The van der Waals surface area contributed by atoms with Crippen LogP contribution in [0, 0.1) is 40.4 Å². The van der Waals surface area contributed by atoms with Crippen LogP contribution in [0.5, 0.6) is 0 Å². The van der Waals surface area contributed by atoms with E-state index in [1.54, 1.807) is 0 Å². The highest BCUT2D eigenvalue weighted by atomic mass is 16.5. The van der Waals surface area contributed by atoms with Gasteiger partial charge >= 0.3 is 5.97 Å². The minimum absolute atomic E-state index is 0.123. The second-order valence-corrected chi connectivity index (χ2v) is 10.4. The van der Waals surface area contributed by atoms with Gasteiger partial charge in [-0.1, -0.05) is 13.8 Å². The number of ketones is 1. The Morgan fingerprint density at radius 2 is 1.54 bits per heavy atom. The van der Waals surface area contributed by atoms with Crippen LogP contribution in [0.15, 0.2) is 0 Å². The van der Waals surface area contributed by atoms with E-state index in [-0.39, 0.29) is 17.5 Å². The Kier molecular flexibility index (Phi) is 4.51. The molecule has 4 aliphatic rings. The molecule has 3 heteroatoms. The lowest BCUT2D eigenvalue weighted by molar-refractivity contribution is -0.161. The minimum Gasteiger partial charge on any atom is -0.463 e. The van der Waals surface area contributed by atoms with Crippen molar-refractivity contribution in [3.05, 3.63) is 0 Å². The van der Waals surface area contributed by atoms with E-state index in [4.69, 9.17) is 4.74 Å². The number of esters is 1. The quantitative estimate of drug-likeness (QED) is 0.638. The lowest BCUT2D eigenvalue weighted by atomic mass is 9.44. The molecule has 0 amide bonds. The fourth-order valence-corrected chi connectivity index (χ4v) is 8.23. The summed E-state index contributed by atoms with van der Waals surface area (Å²) in [4.78, 5) is 23.6. The molecule has 0 saturated heterocycles. The molecule has 4 fully saturated rings. The van der Waals surface area contributed by atoms with Crippen LogP contribution in [0.3, 0.4) is 0 Å². The van der Waals surface area contributed by atoms with Gasteiger partial charge in [-0.3, -0.25) is 9.59 Å². The Bertz CT molecular complexity index is 598. The van der Waals surface area contributed by atoms with Crippen molar-refractivity contribution in [2.24, 2.45) is 40.4 Å². The summed E-state index contributed by atoms with van der Waals surface area (Å²) in [6.45, 7) is 8.33. The third-order valence-corrected chi connectivity index (χ3v) is 9.44. The number of carbonyl (C=O) groups excluding carboxylic acids is 2. The first-order valence-corrected chi connectivity index (χ1v) is 10.9. The minimum atomic E-state index is -0.123. The van der Waals surface area contributed by atoms with Crippen molar-refractivity contribution >= 4 is 11.8 Å². The van der Waals surface area contributed by atoms with Crippen molar-refractivity contribution in [2.75, 3.05) is 0 Å². The number of fused-ring (bicyclic) bond motifs is 5. The lowest BCUT2D eigenvalue weighted by Crippen LogP contribution is -2.54. The van der Waals surface area contributed by atoms with Gasteiger partial charge in [0.2, 0.25) is 0 Å². The Morgan fingerprint density at radius 1 is 0.846 bits per heavy atom. The summed E-state index contributed by atoms with van der Waals surface area (Å²) in [7, 11) is 0. The van der Waals surface area contributed by atoms with E-state index < -0.39 is 0 Å². The first-order valence-electron chi connectivity index (χ1n) is 10.9. The molecule has 146 valence electrons. The summed E-state index contributed by atoms with van der Waals surface area (Å²) < 4.78 is 5.57. The van der Waals surface area contributed by atoms with E-state index in [2.05, 4.69) is 13.8 Å². The average molecular weight is 361 g/mol. The average Bonchev–Trinajstić information content (AvgIpc) is 2.92. The molecule has 0 N–H and O–H groups in total. The zero-order chi connectivity index (χ0) is 18.7. The van der Waals surface area contributed by atoms with Crippen molar-refractivity contribution in [3.63, 3.8) is 0 Å². The largest absolute Gasteiger partial charge is 0.463 e. The third kappa shape index (κ3) is 2.67.